The van der Waals surface area contributed by atoms with Crippen LogP contribution in [0.3, 0.4) is 0 Å². The topological polar surface area (TPSA) is 49.9 Å². The number of benzene rings is 1. The largest absolute Gasteiger partial charge is 0.434 e. The van der Waals surface area contributed by atoms with Crippen molar-refractivity contribution < 1.29 is 13.5 Å². The van der Waals surface area contributed by atoms with E-state index < -0.39 is 6.61 Å². The normalized spacial score (nSPS) is 14.8. The van der Waals surface area contributed by atoms with Gasteiger partial charge in [-0.25, -0.2) is 4.98 Å². The second kappa shape index (κ2) is 5.58. The molecule has 0 bridgehead atoms. The number of imidazole rings is 1. The van der Waals surface area contributed by atoms with Crippen LogP contribution in [0.2, 0.25) is 0 Å². The Kier molecular flexibility index (Phi) is 3.64. The van der Waals surface area contributed by atoms with Gasteiger partial charge in [-0.2, -0.15) is 8.78 Å². The molecule has 0 spiro atoms. The molecule has 1 aliphatic rings. The molecule has 0 radical (unpaired) electrons. The summed E-state index contributed by atoms with van der Waals surface area (Å²) in [5.41, 5.74) is 1.26. The Morgan fingerprint density at radius 1 is 1.35 bits per heavy atom. The summed E-state index contributed by atoms with van der Waals surface area (Å²) in [5, 5.41) is 3.34. The van der Waals surface area contributed by atoms with E-state index >= 15 is 0 Å². The molecule has 0 atom stereocenters. The summed E-state index contributed by atoms with van der Waals surface area (Å²) in [4.78, 5) is 7.38. The zero-order valence-electron chi connectivity index (χ0n) is 10.8. The van der Waals surface area contributed by atoms with E-state index in [2.05, 4.69) is 20.0 Å². The van der Waals surface area contributed by atoms with Crippen molar-refractivity contribution in [1.29, 1.82) is 0 Å². The maximum absolute atomic E-state index is 12.4. The Labute approximate surface area is 115 Å². The van der Waals surface area contributed by atoms with E-state index in [0.29, 0.717) is 23.8 Å². The van der Waals surface area contributed by atoms with Crippen molar-refractivity contribution in [2.75, 3.05) is 0 Å². The first-order valence-corrected chi connectivity index (χ1v) is 6.54. The van der Waals surface area contributed by atoms with Crippen LogP contribution < -0.4 is 10.1 Å². The predicted octanol–water partition coefficient (Wildman–Crippen LogP) is 2.93. The Morgan fingerprint density at radius 3 is 2.90 bits per heavy atom. The van der Waals surface area contributed by atoms with E-state index in [1.807, 2.05) is 0 Å². The van der Waals surface area contributed by atoms with Gasteiger partial charge in [0.15, 0.2) is 0 Å². The monoisotopic (exact) mass is 279 g/mol. The first-order chi connectivity index (χ1) is 9.72. The van der Waals surface area contributed by atoms with Crippen LogP contribution in [0.25, 0.3) is 11.3 Å². The van der Waals surface area contributed by atoms with Crippen LogP contribution in [0.4, 0.5) is 8.78 Å². The summed E-state index contributed by atoms with van der Waals surface area (Å²) in [6.45, 7) is -2.18. The number of aromatic nitrogens is 2. The van der Waals surface area contributed by atoms with Gasteiger partial charge in [-0.05, 0) is 25.0 Å². The van der Waals surface area contributed by atoms with Gasteiger partial charge in [0.1, 0.15) is 11.6 Å². The van der Waals surface area contributed by atoms with Gasteiger partial charge in [0.2, 0.25) is 0 Å². The number of ether oxygens (including phenoxy) is 1. The summed E-state index contributed by atoms with van der Waals surface area (Å²) >= 11 is 0. The first kappa shape index (κ1) is 13.1. The lowest BCUT2D eigenvalue weighted by Crippen LogP contribution is -2.16. The van der Waals surface area contributed by atoms with Gasteiger partial charge in [-0.15, -0.1) is 0 Å². The van der Waals surface area contributed by atoms with Crippen LogP contribution in [0.1, 0.15) is 18.7 Å². The van der Waals surface area contributed by atoms with E-state index in [-0.39, 0.29) is 5.75 Å². The highest BCUT2D eigenvalue weighted by atomic mass is 19.3. The van der Waals surface area contributed by atoms with E-state index in [1.165, 1.54) is 18.9 Å². The third-order valence-electron chi connectivity index (χ3n) is 3.16. The summed E-state index contributed by atoms with van der Waals surface area (Å²) in [6.07, 6.45) is 4.05. The fourth-order valence-corrected chi connectivity index (χ4v) is 2.01. The lowest BCUT2D eigenvalue weighted by molar-refractivity contribution is -0.0494. The molecule has 3 rings (SSSR count). The van der Waals surface area contributed by atoms with Gasteiger partial charge >= 0.3 is 6.61 Å². The minimum Gasteiger partial charge on any atom is -0.434 e. The second-order valence-electron chi connectivity index (χ2n) is 4.77. The van der Waals surface area contributed by atoms with Crippen LogP contribution in [-0.2, 0) is 6.54 Å². The fourth-order valence-electron chi connectivity index (χ4n) is 2.01. The number of H-pyrrole nitrogens is 1. The fraction of sp³-hybridized carbons (Fsp3) is 0.357. The molecule has 0 amide bonds. The maximum Gasteiger partial charge on any atom is 0.387 e. The highest BCUT2D eigenvalue weighted by molar-refractivity contribution is 5.66. The van der Waals surface area contributed by atoms with Crippen LogP contribution >= 0.6 is 0 Å². The SMILES string of the molecule is FC(F)Oc1ccccc1-c1cnc(CNC2CC2)[nH]1. The number of nitrogens with one attached hydrogen (secondary N) is 2. The molecule has 0 unspecified atom stereocenters. The molecule has 1 fully saturated rings. The lowest BCUT2D eigenvalue weighted by atomic mass is 10.1. The van der Waals surface area contributed by atoms with Crippen molar-refractivity contribution in [1.82, 2.24) is 15.3 Å². The summed E-state index contributed by atoms with van der Waals surface area (Å²) in [7, 11) is 0. The van der Waals surface area contributed by atoms with Crippen molar-refractivity contribution in [2.45, 2.75) is 32.0 Å². The standard InChI is InChI=1S/C14H15F2N3O/c15-14(16)20-12-4-2-1-3-10(12)11-7-18-13(19-11)8-17-9-5-6-9/h1-4,7,9,14,17H,5-6,8H2,(H,18,19). The van der Waals surface area contributed by atoms with Crippen molar-refractivity contribution in [3.8, 4) is 17.0 Å². The second-order valence-corrected chi connectivity index (χ2v) is 4.77. The van der Waals surface area contributed by atoms with Gasteiger partial charge in [0, 0.05) is 11.6 Å². The quantitative estimate of drug-likeness (QED) is 0.854. The molecule has 1 aliphatic carbocycles. The molecule has 0 aliphatic heterocycles. The zero-order chi connectivity index (χ0) is 13.9. The van der Waals surface area contributed by atoms with Crippen molar-refractivity contribution >= 4 is 0 Å². The molecule has 1 aromatic carbocycles. The average molecular weight is 279 g/mol. The van der Waals surface area contributed by atoms with Gasteiger partial charge in [0.05, 0.1) is 18.4 Å². The Morgan fingerprint density at radius 2 is 2.15 bits per heavy atom. The third-order valence-corrected chi connectivity index (χ3v) is 3.16. The number of hydrogen-bond donors (Lipinski definition) is 2. The molecule has 20 heavy (non-hydrogen) atoms. The van der Waals surface area contributed by atoms with Crippen molar-refractivity contribution in [3.63, 3.8) is 0 Å². The zero-order valence-corrected chi connectivity index (χ0v) is 10.8. The molecular weight excluding hydrogens is 264 g/mol. The highest BCUT2D eigenvalue weighted by Gasteiger charge is 2.20. The third kappa shape index (κ3) is 3.14. The first-order valence-electron chi connectivity index (χ1n) is 6.54. The molecule has 0 saturated heterocycles. The van der Waals surface area contributed by atoms with Crippen molar-refractivity contribution in [2.24, 2.45) is 0 Å². The Hall–Kier alpha value is -1.95. The number of alkyl halides is 2. The molecule has 6 heteroatoms. The van der Waals surface area contributed by atoms with Crippen LogP contribution in [0.5, 0.6) is 5.75 Å². The summed E-state index contributed by atoms with van der Waals surface area (Å²) in [6, 6.07) is 7.27. The van der Waals surface area contributed by atoms with Crippen LogP contribution in [0, 0.1) is 0 Å². The molecule has 106 valence electrons. The number of aromatic amines is 1. The number of rotatable bonds is 6. The molecular formula is C14H15F2N3O. The van der Waals surface area contributed by atoms with Crippen molar-refractivity contribution in [3.05, 3.63) is 36.3 Å². The molecule has 2 N–H and O–H groups in total. The summed E-state index contributed by atoms with van der Waals surface area (Å²) < 4.78 is 29.3. The molecule has 1 saturated carbocycles. The van der Waals surface area contributed by atoms with Gasteiger partial charge in [0.25, 0.3) is 0 Å². The lowest BCUT2D eigenvalue weighted by Gasteiger charge is -2.08. The maximum atomic E-state index is 12.4. The van der Waals surface area contributed by atoms with E-state index in [4.69, 9.17) is 0 Å². The Balaban J connectivity index is 1.77. The highest BCUT2D eigenvalue weighted by Crippen LogP contribution is 2.29. The molecule has 1 aromatic heterocycles. The number of hydrogen-bond acceptors (Lipinski definition) is 3. The molecule has 4 nitrogen and oxygen atoms in total. The van der Waals surface area contributed by atoms with E-state index in [1.54, 1.807) is 24.4 Å². The minimum absolute atomic E-state index is 0.146. The molecule has 1 heterocycles. The van der Waals surface area contributed by atoms with E-state index in [0.717, 1.165) is 5.82 Å². The minimum atomic E-state index is -2.84. The van der Waals surface area contributed by atoms with Crippen LogP contribution in [0.15, 0.2) is 30.5 Å². The number of nitrogens with zero attached hydrogens (tertiary/aromatic N) is 1. The van der Waals surface area contributed by atoms with Gasteiger partial charge in [-0.3, -0.25) is 0 Å². The Bertz CT molecular complexity index is 581. The van der Waals surface area contributed by atoms with E-state index in [9.17, 15) is 8.78 Å². The average Bonchev–Trinajstić information content (AvgIpc) is 3.14. The smallest absolute Gasteiger partial charge is 0.387 e. The summed E-state index contributed by atoms with van der Waals surface area (Å²) in [5.74, 6) is 0.937. The molecule has 2 aromatic rings. The van der Waals surface area contributed by atoms with Crippen LogP contribution in [-0.4, -0.2) is 22.6 Å². The number of halogens is 2. The van der Waals surface area contributed by atoms with Gasteiger partial charge < -0.3 is 15.0 Å². The van der Waals surface area contributed by atoms with Gasteiger partial charge in [-0.1, -0.05) is 12.1 Å². The number of para-hydroxylation sites is 1. The predicted molar refractivity (Wildman–Crippen MR) is 70.5 cm³/mol.